The fraction of sp³-hybridized carbons (Fsp3) is 0.478. The Kier molecular flexibility index (Phi) is 4.67. The van der Waals surface area contributed by atoms with Crippen LogP contribution in [0.3, 0.4) is 0 Å². The van der Waals surface area contributed by atoms with E-state index in [-0.39, 0.29) is 40.7 Å². The van der Waals surface area contributed by atoms with Crippen molar-refractivity contribution in [2.24, 2.45) is 15.4 Å². The number of anilines is 1. The van der Waals surface area contributed by atoms with E-state index in [4.69, 9.17) is 9.26 Å². The number of hydrogen-bond donors (Lipinski definition) is 0. The van der Waals surface area contributed by atoms with Gasteiger partial charge >= 0.3 is 6.18 Å². The molecule has 0 saturated carbocycles. The highest BCUT2D eigenvalue weighted by atomic mass is 19.4. The average Bonchev–Trinajstić information content (AvgIpc) is 3.37. The van der Waals surface area contributed by atoms with Crippen LogP contribution in [0.25, 0.3) is 16.8 Å². The summed E-state index contributed by atoms with van der Waals surface area (Å²) in [5, 5.41) is 7.82. The molecular weight excluding hydrogens is 468 g/mol. The van der Waals surface area contributed by atoms with Gasteiger partial charge in [0.15, 0.2) is 11.5 Å². The Morgan fingerprint density at radius 1 is 1.14 bits per heavy atom. The van der Waals surface area contributed by atoms with E-state index in [0.29, 0.717) is 30.9 Å². The van der Waals surface area contributed by atoms with Gasteiger partial charge < -0.3 is 14.2 Å². The number of aromatic nitrogens is 3. The first-order chi connectivity index (χ1) is 16.6. The number of benzene rings is 1. The second kappa shape index (κ2) is 7.36. The van der Waals surface area contributed by atoms with E-state index < -0.39 is 23.1 Å². The van der Waals surface area contributed by atoms with Gasteiger partial charge in [-0.05, 0) is 44.9 Å². The fourth-order valence-electron chi connectivity index (χ4n) is 5.76. The van der Waals surface area contributed by atoms with Crippen LogP contribution in [0, 0.1) is 18.2 Å². The van der Waals surface area contributed by atoms with Gasteiger partial charge in [0.05, 0.1) is 34.7 Å². The molecule has 3 atom stereocenters. The Balaban J connectivity index is 1.56. The quantitative estimate of drug-likeness (QED) is 0.480. The molecule has 1 spiro atoms. The molecule has 184 valence electrons. The molecule has 35 heavy (non-hydrogen) atoms. The van der Waals surface area contributed by atoms with Gasteiger partial charge in [0.2, 0.25) is 11.4 Å². The predicted octanol–water partition coefficient (Wildman–Crippen LogP) is 4.12. The maximum absolute atomic E-state index is 16.1. The number of morpholine rings is 1. The first kappa shape index (κ1) is 22.2. The molecule has 1 saturated heterocycles. The van der Waals surface area contributed by atoms with E-state index in [9.17, 15) is 13.2 Å². The van der Waals surface area contributed by atoms with E-state index in [0.717, 1.165) is 10.7 Å². The normalized spacial score (nSPS) is 25.3. The second-order valence-electron chi connectivity index (χ2n) is 9.46. The molecule has 0 bridgehead atoms. The standard InChI is InChI=1S/C23H22F4N6O2/c1-11-4-16(23(25,26)27)30-33(11)21-15-5-14-6-22(8-28-10-29-9-22)20-13(3)34-12(2)7-32(20)18(14)17(24)19(15)35-31-21/h4-5,8-9,12-13,20H,6-7,10H2,1-3H3/t12-,13+,20-/m0/s1. The topological polar surface area (TPSA) is 81.0 Å². The third-order valence-electron chi connectivity index (χ3n) is 6.96. The summed E-state index contributed by atoms with van der Waals surface area (Å²) in [4.78, 5) is 10.8. The molecule has 0 unspecified atom stereocenters. The lowest BCUT2D eigenvalue weighted by Crippen LogP contribution is -2.65. The van der Waals surface area contributed by atoms with E-state index in [1.54, 1.807) is 6.07 Å². The van der Waals surface area contributed by atoms with E-state index in [1.165, 1.54) is 6.92 Å². The Labute approximate surface area is 197 Å². The molecule has 0 N–H and O–H groups in total. The van der Waals surface area contributed by atoms with Crippen molar-refractivity contribution in [1.82, 2.24) is 14.9 Å². The van der Waals surface area contributed by atoms with Crippen LogP contribution in [0.15, 0.2) is 26.6 Å². The number of hydrogen-bond acceptors (Lipinski definition) is 7. The summed E-state index contributed by atoms with van der Waals surface area (Å²) in [6, 6.07) is 2.41. The first-order valence-corrected chi connectivity index (χ1v) is 11.3. The number of fused-ring (bicyclic) bond motifs is 5. The largest absolute Gasteiger partial charge is 0.435 e. The van der Waals surface area contributed by atoms with Crippen LogP contribution in [0.1, 0.15) is 30.8 Å². The van der Waals surface area contributed by atoms with E-state index in [2.05, 4.69) is 20.2 Å². The average molecular weight is 490 g/mol. The summed E-state index contributed by atoms with van der Waals surface area (Å²) in [5.41, 5.74) is -0.555. The molecule has 0 radical (unpaired) electrons. The molecule has 0 aliphatic carbocycles. The number of aryl methyl sites for hydroxylation is 1. The molecule has 2 aromatic heterocycles. The van der Waals surface area contributed by atoms with E-state index >= 15 is 4.39 Å². The SMILES string of the molecule is Cc1cc(C(F)(F)F)nn1-c1noc2c(F)c3c(cc12)CC1(C=NCN=C1)[C@@H]1[C@@H](C)O[C@@H](C)CN31. The van der Waals surface area contributed by atoms with Crippen LogP contribution in [-0.2, 0) is 17.3 Å². The van der Waals surface area contributed by atoms with Crippen LogP contribution >= 0.6 is 0 Å². The van der Waals surface area contributed by atoms with Crippen LogP contribution in [0.2, 0.25) is 0 Å². The van der Waals surface area contributed by atoms with Gasteiger partial charge in [-0.2, -0.15) is 18.3 Å². The molecule has 8 nitrogen and oxygen atoms in total. The number of halogens is 4. The predicted molar refractivity (Wildman–Crippen MR) is 120 cm³/mol. The van der Waals surface area contributed by atoms with Gasteiger partial charge in [-0.3, -0.25) is 9.98 Å². The first-order valence-electron chi connectivity index (χ1n) is 11.3. The molecule has 6 rings (SSSR count). The maximum atomic E-state index is 16.1. The van der Waals surface area contributed by atoms with Crippen molar-refractivity contribution >= 4 is 29.1 Å². The zero-order chi connectivity index (χ0) is 24.7. The third kappa shape index (κ3) is 3.22. The molecule has 1 fully saturated rings. The summed E-state index contributed by atoms with van der Waals surface area (Å²) in [6.45, 7) is 6.14. The Bertz CT molecular complexity index is 1380. The van der Waals surface area contributed by atoms with Crippen molar-refractivity contribution in [2.75, 3.05) is 18.1 Å². The molecule has 5 heterocycles. The van der Waals surface area contributed by atoms with Gasteiger partial charge in [0.1, 0.15) is 6.67 Å². The minimum atomic E-state index is -4.62. The van der Waals surface area contributed by atoms with Crippen molar-refractivity contribution in [3.05, 3.63) is 34.9 Å². The number of nitrogens with zero attached hydrogens (tertiary/aromatic N) is 6. The molecule has 3 aliphatic rings. The second-order valence-corrected chi connectivity index (χ2v) is 9.46. The Hall–Kier alpha value is -3.28. The van der Waals surface area contributed by atoms with Gasteiger partial charge in [-0.15, -0.1) is 0 Å². The fourth-order valence-corrected chi connectivity index (χ4v) is 5.76. The maximum Gasteiger partial charge on any atom is 0.435 e. The minimum absolute atomic E-state index is 0.000524. The highest BCUT2D eigenvalue weighted by Crippen LogP contribution is 2.47. The molecule has 1 aromatic carbocycles. The zero-order valence-corrected chi connectivity index (χ0v) is 19.2. The van der Waals surface area contributed by atoms with Crippen LogP contribution in [0.4, 0.5) is 23.2 Å². The summed E-state index contributed by atoms with van der Waals surface area (Å²) in [7, 11) is 0. The summed E-state index contributed by atoms with van der Waals surface area (Å²) in [6.07, 6.45) is -0.877. The third-order valence-corrected chi connectivity index (χ3v) is 6.96. The van der Waals surface area contributed by atoms with Gasteiger partial charge in [0, 0.05) is 24.7 Å². The van der Waals surface area contributed by atoms with Crippen molar-refractivity contribution in [3.8, 4) is 5.82 Å². The van der Waals surface area contributed by atoms with Crippen LogP contribution in [0.5, 0.6) is 0 Å². The number of alkyl halides is 3. The summed E-state index contributed by atoms with van der Waals surface area (Å²) < 4.78 is 68.2. The minimum Gasteiger partial charge on any atom is -0.372 e. The number of rotatable bonds is 1. The smallest absolute Gasteiger partial charge is 0.372 e. The van der Waals surface area contributed by atoms with Gasteiger partial charge in [0.25, 0.3) is 0 Å². The molecule has 0 amide bonds. The highest BCUT2D eigenvalue weighted by molar-refractivity contribution is 5.96. The molecule has 12 heteroatoms. The summed E-state index contributed by atoms with van der Waals surface area (Å²) >= 11 is 0. The van der Waals surface area contributed by atoms with Crippen molar-refractivity contribution in [3.63, 3.8) is 0 Å². The highest BCUT2D eigenvalue weighted by Gasteiger charge is 2.52. The lowest BCUT2D eigenvalue weighted by Gasteiger charge is -2.54. The van der Waals surface area contributed by atoms with Crippen molar-refractivity contribution in [2.45, 2.75) is 51.6 Å². The Morgan fingerprint density at radius 3 is 2.57 bits per heavy atom. The Morgan fingerprint density at radius 2 is 1.89 bits per heavy atom. The van der Waals surface area contributed by atoms with Crippen molar-refractivity contribution in [1.29, 1.82) is 0 Å². The monoisotopic (exact) mass is 490 g/mol. The zero-order valence-electron chi connectivity index (χ0n) is 19.2. The molecule has 3 aromatic rings. The van der Waals surface area contributed by atoms with Gasteiger partial charge in [-0.1, -0.05) is 5.16 Å². The van der Waals surface area contributed by atoms with E-state index in [1.807, 2.05) is 31.2 Å². The molecule has 3 aliphatic heterocycles. The number of aliphatic imine (C=N–C) groups is 2. The van der Waals surface area contributed by atoms with Crippen molar-refractivity contribution < 1.29 is 26.8 Å². The molecular formula is C23H22F4N6O2. The van der Waals surface area contributed by atoms with Crippen LogP contribution in [-0.4, -0.2) is 58.8 Å². The summed E-state index contributed by atoms with van der Waals surface area (Å²) in [5.74, 6) is -0.608. The van der Waals surface area contributed by atoms with Crippen LogP contribution < -0.4 is 4.90 Å². The lowest BCUT2D eigenvalue weighted by atomic mass is 9.69. The number of ether oxygens (including phenoxy) is 1. The van der Waals surface area contributed by atoms with Gasteiger partial charge in [-0.25, -0.2) is 9.07 Å². The lowest BCUT2D eigenvalue weighted by molar-refractivity contribution is -0.141.